The minimum Gasteiger partial charge on any atom is -0.466 e. The number of esters is 1. The maximum absolute atomic E-state index is 12.7. The van der Waals surface area contributed by atoms with E-state index in [1.807, 2.05) is 6.07 Å². The number of pyridine rings is 1. The molecule has 0 aromatic carbocycles. The third-order valence-electron chi connectivity index (χ3n) is 5.28. The molecule has 1 amide bonds. The second-order valence-corrected chi connectivity index (χ2v) is 7.32. The number of piperidine rings is 1. The van der Waals surface area contributed by atoms with Gasteiger partial charge in [0.15, 0.2) is 0 Å². The Morgan fingerprint density at radius 1 is 1.25 bits per heavy atom. The van der Waals surface area contributed by atoms with Crippen LogP contribution in [0.5, 0.6) is 0 Å². The first kappa shape index (κ1) is 20.5. The molecule has 3 heterocycles. The van der Waals surface area contributed by atoms with Gasteiger partial charge in [-0.1, -0.05) is 0 Å². The third kappa shape index (κ3) is 5.90. The maximum Gasteiger partial charge on any atom is 0.302 e. The zero-order valence-electron chi connectivity index (χ0n) is 16.6. The average Bonchev–Trinajstić information content (AvgIpc) is 2.73. The van der Waals surface area contributed by atoms with E-state index < -0.39 is 0 Å². The highest BCUT2D eigenvalue weighted by Gasteiger charge is 2.24. The van der Waals surface area contributed by atoms with Gasteiger partial charge in [-0.05, 0) is 30.9 Å². The van der Waals surface area contributed by atoms with Gasteiger partial charge >= 0.3 is 5.97 Å². The van der Waals surface area contributed by atoms with Crippen molar-refractivity contribution in [1.82, 2.24) is 15.2 Å². The fraction of sp³-hybridized carbons (Fsp3) is 0.650. The molecule has 0 saturated carbocycles. The van der Waals surface area contributed by atoms with Gasteiger partial charge in [0.1, 0.15) is 5.82 Å². The number of anilines is 1. The Bertz CT molecular complexity index is 655. The molecule has 0 aliphatic carbocycles. The first-order valence-corrected chi connectivity index (χ1v) is 10.0. The van der Waals surface area contributed by atoms with Gasteiger partial charge in [-0.25, -0.2) is 4.98 Å². The molecule has 2 aliphatic heterocycles. The Morgan fingerprint density at radius 3 is 2.71 bits per heavy atom. The highest BCUT2D eigenvalue weighted by molar-refractivity contribution is 5.98. The van der Waals surface area contributed by atoms with E-state index in [9.17, 15) is 9.59 Å². The summed E-state index contributed by atoms with van der Waals surface area (Å²) < 4.78 is 10.5. The highest BCUT2D eigenvalue weighted by Crippen LogP contribution is 2.24. The smallest absolute Gasteiger partial charge is 0.302 e. The number of rotatable bonds is 7. The predicted molar refractivity (Wildman–Crippen MR) is 105 cm³/mol. The summed E-state index contributed by atoms with van der Waals surface area (Å²) in [5, 5.41) is 3.02. The number of hydrogen-bond acceptors (Lipinski definition) is 7. The molecule has 2 fully saturated rings. The number of carbonyl (C=O) groups excluding carboxylic acids is 2. The van der Waals surface area contributed by atoms with Gasteiger partial charge in [0.05, 0.1) is 25.4 Å². The molecule has 8 nitrogen and oxygen atoms in total. The van der Waals surface area contributed by atoms with E-state index in [0.717, 1.165) is 64.6 Å². The van der Waals surface area contributed by atoms with Gasteiger partial charge in [0.25, 0.3) is 5.91 Å². The summed E-state index contributed by atoms with van der Waals surface area (Å²) in [6, 6.07) is 3.63. The summed E-state index contributed by atoms with van der Waals surface area (Å²) in [5.74, 6) is 0.786. The van der Waals surface area contributed by atoms with Gasteiger partial charge in [0, 0.05) is 52.4 Å². The SMILES string of the molecule is CC(=O)OCC1CCN(c2ncccc2C(=O)NCCN2CCOCC2)CC1. The molecule has 2 saturated heterocycles. The molecule has 1 N–H and O–H groups in total. The van der Waals surface area contributed by atoms with Gasteiger partial charge < -0.3 is 19.7 Å². The predicted octanol–water partition coefficient (Wildman–Crippen LogP) is 0.923. The summed E-state index contributed by atoms with van der Waals surface area (Å²) in [5.41, 5.74) is 0.614. The molecule has 0 bridgehead atoms. The van der Waals surface area contributed by atoms with Crippen LogP contribution in [0.15, 0.2) is 18.3 Å². The van der Waals surface area contributed by atoms with Crippen molar-refractivity contribution in [3.8, 4) is 0 Å². The van der Waals surface area contributed by atoms with Crippen LogP contribution in [-0.4, -0.2) is 80.8 Å². The number of amides is 1. The van der Waals surface area contributed by atoms with Gasteiger partial charge in [-0.2, -0.15) is 0 Å². The van der Waals surface area contributed by atoms with Crippen LogP contribution in [0.3, 0.4) is 0 Å². The number of ether oxygens (including phenoxy) is 2. The van der Waals surface area contributed by atoms with E-state index in [2.05, 4.69) is 20.1 Å². The van der Waals surface area contributed by atoms with Crippen LogP contribution in [0.4, 0.5) is 5.82 Å². The zero-order chi connectivity index (χ0) is 19.8. The van der Waals surface area contributed by atoms with Crippen molar-refractivity contribution in [2.45, 2.75) is 19.8 Å². The molecule has 2 aliphatic rings. The molecule has 28 heavy (non-hydrogen) atoms. The van der Waals surface area contributed by atoms with E-state index in [1.165, 1.54) is 6.92 Å². The van der Waals surface area contributed by atoms with Gasteiger partial charge in [-0.3, -0.25) is 14.5 Å². The molecular weight excluding hydrogens is 360 g/mol. The van der Waals surface area contributed by atoms with Crippen LogP contribution in [0.2, 0.25) is 0 Å². The van der Waals surface area contributed by atoms with Crippen LogP contribution < -0.4 is 10.2 Å². The Labute approximate surface area is 166 Å². The van der Waals surface area contributed by atoms with Crippen molar-refractivity contribution in [3.05, 3.63) is 23.9 Å². The molecule has 0 unspecified atom stereocenters. The van der Waals surface area contributed by atoms with Crippen molar-refractivity contribution >= 4 is 17.7 Å². The average molecular weight is 390 g/mol. The summed E-state index contributed by atoms with van der Waals surface area (Å²) in [4.78, 5) is 32.6. The molecule has 1 aromatic rings. The van der Waals surface area contributed by atoms with Crippen molar-refractivity contribution in [2.75, 3.05) is 64.0 Å². The lowest BCUT2D eigenvalue weighted by molar-refractivity contribution is -0.142. The second-order valence-electron chi connectivity index (χ2n) is 7.32. The number of nitrogens with one attached hydrogen (secondary N) is 1. The van der Waals surface area contributed by atoms with Crippen LogP contribution in [0, 0.1) is 5.92 Å². The highest BCUT2D eigenvalue weighted by atomic mass is 16.5. The Balaban J connectivity index is 1.51. The lowest BCUT2D eigenvalue weighted by atomic mass is 9.97. The van der Waals surface area contributed by atoms with Crippen LogP contribution in [0.25, 0.3) is 0 Å². The quantitative estimate of drug-likeness (QED) is 0.693. The van der Waals surface area contributed by atoms with Gasteiger partial charge in [0.2, 0.25) is 0 Å². The number of carbonyl (C=O) groups is 2. The minimum atomic E-state index is -0.233. The largest absolute Gasteiger partial charge is 0.466 e. The van der Waals surface area contributed by atoms with Crippen molar-refractivity contribution in [3.63, 3.8) is 0 Å². The van der Waals surface area contributed by atoms with Crippen molar-refractivity contribution in [1.29, 1.82) is 0 Å². The summed E-state index contributed by atoms with van der Waals surface area (Å²) in [7, 11) is 0. The number of morpholine rings is 1. The maximum atomic E-state index is 12.7. The first-order valence-electron chi connectivity index (χ1n) is 10.0. The Hall–Kier alpha value is -2.19. The van der Waals surface area contributed by atoms with E-state index in [1.54, 1.807) is 12.3 Å². The normalized spacial score (nSPS) is 18.7. The molecule has 3 rings (SSSR count). The van der Waals surface area contributed by atoms with Crippen LogP contribution >= 0.6 is 0 Å². The number of hydrogen-bond donors (Lipinski definition) is 1. The van der Waals surface area contributed by atoms with Crippen molar-refractivity contribution in [2.24, 2.45) is 5.92 Å². The molecular formula is C20H30N4O4. The fourth-order valence-corrected chi connectivity index (χ4v) is 3.62. The first-order chi connectivity index (χ1) is 13.6. The monoisotopic (exact) mass is 390 g/mol. The lowest BCUT2D eigenvalue weighted by Crippen LogP contribution is -2.42. The minimum absolute atomic E-state index is 0.0848. The number of aromatic nitrogens is 1. The van der Waals surface area contributed by atoms with E-state index >= 15 is 0 Å². The molecule has 1 aromatic heterocycles. The van der Waals surface area contributed by atoms with Crippen LogP contribution in [-0.2, 0) is 14.3 Å². The van der Waals surface area contributed by atoms with E-state index in [0.29, 0.717) is 24.6 Å². The van der Waals surface area contributed by atoms with E-state index in [4.69, 9.17) is 9.47 Å². The third-order valence-corrected chi connectivity index (χ3v) is 5.28. The zero-order valence-corrected chi connectivity index (χ0v) is 16.6. The summed E-state index contributed by atoms with van der Waals surface area (Å²) >= 11 is 0. The van der Waals surface area contributed by atoms with Crippen molar-refractivity contribution < 1.29 is 19.1 Å². The molecule has 154 valence electrons. The lowest BCUT2D eigenvalue weighted by Gasteiger charge is -2.33. The second kappa shape index (κ2) is 10.4. The standard InChI is InChI=1S/C20H30N4O4/c1-16(25)28-15-17-4-8-24(9-5-17)19-18(3-2-6-21-19)20(26)22-7-10-23-11-13-27-14-12-23/h2-3,6,17H,4-5,7-15H2,1H3,(H,22,26). The van der Waals surface area contributed by atoms with E-state index in [-0.39, 0.29) is 11.9 Å². The Morgan fingerprint density at radius 2 is 2.00 bits per heavy atom. The molecule has 0 atom stereocenters. The topological polar surface area (TPSA) is 84.0 Å². The summed E-state index contributed by atoms with van der Waals surface area (Å²) in [6.07, 6.45) is 3.56. The van der Waals surface area contributed by atoms with Crippen LogP contribution in [0.1, 0.15) is 30.1 Å². The Kier molecular flexibility index (Phi) is 7.62. The number of nitrogens with zero attached hydrogens (tertiary/aromatic N) is 3. The molecule has 0 spiro atoms. The molecule has 0 radical (unpaired) electrons. The van der Waals surface area contributed by atoms with Gasteiger partial charge in [-0.15, -0.1) is 0 Å². The molecule has 8 heteroatoms. The fourth-order valence-electron chi connectivity index (χ4n) is 3.62. The summed E-state index contributed by atoms with van der Waals surface area (Å²) in [6.45, 7) is 8.29.